The molecule has 1 aliphatic rings. The number of hydrogen-bond acceptors (Lipinski definition) is 4. The van der Waals surface area contributed by atoms with E-state index < -0.39 is 0 Å². The summed E-state index contributed by atoms with van der Waals surface area (Å²) in [7, 11) is 0. The average molecular weight is 446 g/mol. The summed E-state index contributed by atoms with van der Waals surface area (Å²) < 4.78 is 2.55. The Labute approximate surface area is 197 Å². The third kappa shape index (κ3) is 3.57. The number of allylic oxidation sites excluding steroid dienone is 4. The fourth-order valence-corrected chi connectivity index (χ4v) is 5.67. The minimum absolute atomic E-state index is 0.539. The summed E-state index contributed by atoms with van der Waals surface area (Å²) in [6.45, 7) is 4.40. The molecule has 2 aromatic heterocycles. The molecule has 6 rings (SSSR count). The molecule has 1 unspecified atom stereocenters. The quantitative estimate of drug-likeness (QED) is 0.284. The van der Waals surface area contributed by atoms with Crippen molar-refractivity contribution >= 4 is 37.1 Å². The monoisotopic (exact) mass is 445 g/mol. The first-order valence-electron chi connectivity index (χ1n) is 11.3. The predicted octanol–water partition coefficient (Wildman–Crippen LogP) is 7.86. The van der Waals surface area contributed by atoms with Gasteiger partial charge >= 0.3 is 0 Å². The van der Waals surface area contributed by atoms with Crippen LogP contribution in [0.25, 0.3) is 48.5 Å². The third-order valence-corrected chi connectivity index (χ3v) is 7.33. The van der Waals surface area contributed by atoms with Gasteiger partial charge < -0.3 is 0 Å². The first-order valence-corrected chi connectivity index (χ1v) is 12.1. The van der Waals surface area contributed by atoms with Gasteiger partial charge in [-0.3, -0.25) is 0 Å². The molecule has 3 aromatic carbocycles. The number of benzene rings is 3. The van der Waals surface area contributed by atoms with Gasteiger partial charge in [0.1, 0.15) is 0 Å². The van der Waals surface area contributed by atoms with Gasteiger partial charge in [-0.05, 0) is 37.0 Å². The Hall–Kier alpha value is -3.63. The molecule has 4 heteroatoms. The molecule has 0 spiro atoms. The average Bonchev–Trinajstić information content (AvgIpc) is 3.25. The SMILES string of the molecule is Cc1cccc2sc3cccc(-c4nc(C5=CCC(C)C=C5)nc(-c5ccccc5)n4)c3c12. The van der Waals surface area contributed by atoms with E-state index in [2.05, 4.69) is 80.6 Å². The van der Waals surface area contributed by atoms with E-state index in [9.17, 15) is 0 Å². The molecule has 0 fully saturated rings. The van der Waals surface area contributed by atoms with E-state index in [0.29, 0.717) is 11.7 Å². The summed E-state index contributed by atoms with van der Waals surface area (Å²) in [5, 5.41) is 2.52. The van der Waals surface area contributed by atoms with Gasteiger partial charge in [-0.25, -0.2) is 15.0 Å². The Morgan fingerprint density at radius 2 is 1.48 bits per heavy atom. The smallest absolute Gasteiger partial charge is 0.164 e. The summed E-state index contributed by atoms with van der Waals surface area (Å²) in [6.07, 6.45) is 7.62. The van der Waals surface area contributed by atoms with Crippen molar-refractivity contribution in [3.05, 3.63) is 96.3 Å². The van der Waals surface area contributed by atoms with Crippen molar-refractivity contribution in [2.75, 3.05) is 0 Å². The van der Waals surface area contributed by atoms with Crippen LogP contribution in [0.1, 0.15) is 24.7 Å². The molecule has 5 aromatic rings. The van der Waals surface area contributed by atoms with Crippen LogP contribution in [0.5, 0.6) is 0 Å². The number of rotatable bonds is 3. The van der Waals surface area contributed by atoms with Crippen LogP contribution in [-0.4, -0.2) is 15.0 Å². The van der Waals surface area contributed by atoms with Gasteiger partial charge in [0.15, 0.2) is 17.5 Å². The lowest BCUT2D eigenvalue weighted by atomic mass is 9.98. The van der Waals surface area contributed by atoms with Gasteiger partial charge in [0, 0.05) is 36.9 Å². The molecule has 2 heterocycles. The molecule has 33 heavy (non-hydrogen) atoms. The lowest BCUT2D eigenvalue weighted by Gasteiger charge is -2.13. The molecule has 160 valence electrons. The molecule has 0 aliphatic heterocycles. The van der Waals surface area contributed by atoms with Crippen LogP contribution in [0.2, 0.25) is 0 Å². The van der Waals surface area contributed by atoms with Crippen molar-refractivity contribution in [2.24, 2.45) is 5.92 Å². The van der Waals surface area contributed by atoms with Crippen LogP contribution in [0.3, 0.4) is 0 Å². The van der Waals surface area contributed by atoms with E-state index in [1.54, 1.807) is 0 Å². The van der Waals surface area contributed by atoms with Crippen molar-refractivity contribution in [1.29, 1.82) is 0 Å². The molecule has 3 nitrogen and oxygen atoms in total. The highest BCUT2D eigenvalue weighted by molar-refractivity contribution is 7.26. The Balaban J connectivity index is 1.63. The van der Waals surface area contributed by atoms with Crippen molar-refractivity contribution in [3.63, 3.8) is 0 Å². The fourth-order valence-electron chi connectivity index (χ4n) is 4.46. The summed E-state index contributed by atoms with van der Waals surface area (Å²) in [4.78, 5) is 14.9. The van der Waals surface area contributed by atoms with E-state index in [-0.39, 0.29) is 0 Å². The lowest BCUT2D eigenvalue weighted by Crippen LogP contribution is -2.04. The highest BCUT2D eigenvalue weighted by Crippen LogP contribution is 2.41. The molecule has 0 radical (unpaired) electrons. The minimum Gasteiger partial charge on any atom is -0.208 e. The highest BCUT2D eigenvalue weighted by Gasteiger charge is 2.18. The topological polar surface area (TPSA) is 38.7 Å². The van der Waals surface area contributed by atoms with Gasteiger partial charge in [0.25, 0.3) is 0 Å². The van der Waals surface area contributed by atoms with Crippen LogP contribution in [0.15, 0.2) is 85.0 Å². The zero-order valence-corrected chi connectivity index (χ0v) is 19.4. The zero-order chi connectivity index (χ0) is 22.4. The van der Waals surface area contributed by atoms with Crippen molar-refractivity contribution in [1.82, 2.24) is 15.0 Å². The molecule has 0 amide bonds. The van der Waals surface area contributed by atoms with E-state index >= 15 is 0 Å². The third-order valence-electron chi connectivity index (χ3n) is 6.21. The Morgan fingerprint density at radius 1 is 0.758 bits per heavy atom. The maximum atomic E-state index is 5.01. The normalized spacial score (nSPS) is 15.8. The maximum absolute atomic E-state index is 5.01. The summed E-state index contributed by atoms with van der Waals surface area (Å²) in [6, 6.07) is 23.1. The number of thiophene rings is 1. The highest BCUT2D eigenvalue weighted by atomic mass is 32.1. The van der Waals surface area contributed by atoms with Crippen LogP contribution in [0, 0.1) is 12.8 Å². The Bertz CT molecular complexity index is 1560. The van der Waals surface area contributed by atoms with Gasteiger partial charge in [0.2, 0.25) is 0 Å². The summed E-state index contributed by atoms with van der Waals surface area (Å²) in [5.41, 5.74) is 4.39. The van der Waals surface area contributed by atoms with Gasteiger partial charge in [-0.1, -0.05) is 79.7 Å². The fraction of sp³-hybridized carbons (Fsp3) is 0.138. The van der Waals surface area contributed by atoms with Gasteiger partial charge in [0.05, 0.1) is 0 Å². The number of hydrogen-bond donors (Lipinski definition) is 0. The number of aromatic nitrogens is 3. The maximum Gasteiger partial charge on any atom is 0.164 e. The van der Waals surface area contributed by atoms with Gasteiger partial charge in [-0.15, -0.1) is 11.3 Å². The predicted molar refractivity (Wildman–Crippen MR) is 139 cm³/mol. The molecule has 0 bridgehead atoms. The molecule has 0 saturated carbocycles. The Morgan fingerprint density at radius 3 is 2.27 bits per heavy atom. The van der Waals surface area contributed by atoms with Crippen molar-refractivity contribution in [2.45, 2.75) is 20.3 Å². The van der Waals surface area contributed by atoms with E-state index in [4.69, 9.17) is 15.0 Å². The number of nitrogens with zero attached hydrogens (tertiary/aromatic N) is 3. The lowest BCUT2D eigenvalue weighted by molar-refractivity contribution is 0.738. The van der Waals surface area contributed by atoms with E-state index in [1.807, 2.05) is 29.5 Å². The molecule has 0 saturated heterocycles. The molecular weight excluding hydrogens is 422 g/mol. The molecule has 1 atom stereocenters. The second-order valence-electron chi connectivity index (χ2n) is 8.63. The standard InChI is InChI=1S/C29H23N3S/c1-18-14-16-21(17-15-18)28-30-27(20-9-4-3-5-10-20)31-29(32-28)22-11-7-13-24-26(22)25-19(2)8-6-12-23(25)33-24/h3-14,16-18H,15H2,1-2H3. The second kappa shape index (κ2) is 8.05. The molecule has 0 N–H and O–H groups in total. The number of fused-ring (bicyclic) bond motifs is 3. The minimum atomic E-state index is 0.539. The van der Waals surface area contributed by atoms with Crippen molar-refractivity contribution < 1.29 is 0 Å². The summed E-state index contributed by atoms with van der Waals surface area (Å²) >= 11 is 1.82. The first-order chi connectivity index (χ1) is 16.2. The van der Waals surface area contributed by atoms with Crippen LogP contribution >= 0.6 is 11.3 Å². The van der Waals surface area contributed by atoms with E-state index in [1.165, 1.54) is 25.7 Å². The van der Waals surface area contributed by atoms with Crippen molar-refractivity contribution in [3.8, 4) is 22.8 Å². The second-order valence-corrected chi connectivity index (χ2v) is 9.72. The first kappa shape index (κ1) is 20.0. The molecule has 1 aliphatic carbocycles. The largest absolute Gasteiger partial charge is 0.208 e. The zero-order valence-electron chi connectivity index (χ0n) is 18.6. The van der Waals surface area contributed by atoms with Gasteiger partial charge in [-0.2, -0.15) is 0 Å². The summed E-state index contributed by atoms with van der Waals surface area (Å²) in [5.74, 6) is 2.70. The van der Waals surface area contributed by atoms with E-state index in [0.717, 1.165) is 34.8 Å². The molecular formula is C29H23N3S. The Kier molecular flexibility index (Phi) is 4.88. The van der Waals surface area contributed by atoms with Crippen LogP contribution in [0.4, 0.5) is 0 Å². The van der Waals surface area contributed by atoms with Crippen LogP contribution < -0.4 is 0 Å². The van der Waals surface area contributed by atoms with Crippen LogP contribution in [-0.2, 0) is 0 Å². The number of aryl methyl sites for hydroxylation is 1.